The van der Waals surface area contributed by atoms with Crippen molar-refractivity contribution in [1.29, 1.82) is 5.26 Å². The van der Waals surface area contributed by atoms with Gasteiger partial charge in [0, 0.05) is 41.0 Å². The second-order valence-electron chi connectivity index (χ2n) is 10.1. The molecular formula is C36H24Cl4N6OS2. The molecule has 0 aliphatic carbocycles. The molecule has 0 aliphatic rings. The number of carbonyl (C=O) groups is 1. The Balaban J connectivity index is 0.000000191. The maximum Gasteiger partial charge on any atom is 0.231 e. The van der Waals surface area contributed by atoms with Crippen molar-refractivity contribution >= 4 is 75.8 Å². The van der Waals surface area contributed by atoms with Crippen molar-refractivity contribution in [3.63, 3.8) is 0 Å². The molecule has 0 radical (unpaired) electrons. The number of nitriles is 1. The van der Waals surface area contributed by atoms with Crippen molar-refractivity contribution in [2.75, 3.05) is 0 Å². The summed E-state index contributed by atoms with van der Waals surface area (Å²) in [7, 11) is 0. The highest BCUT2D eigenvalue weighted by Gasteiger charge is 2.27. The lowest BCUT2D eigenvalue weighted by molar-refractivity contribution is -0.118. The molecule has 0 fully saturated rings. The van der Waals surface area contributed by atoms with Crippen LogP contribution in [0.4, 0.5) is 0 Å². The molecule has 2 unspecified atom stereocenters. The summed E-state index contributed by atoms with van der Waals surface area (Å²) in [5, 5.41) is 29.4. The van der Waals surface area contributed by atoms with Crippen LogP contribution in [-0.4, -0.2) is 26.3 Å². The zero-order valence-corrected chi connectivity index (χ0v) is 29.9. The van der Waals surface area contributed by atoms with Crippen LogP contribution in [-0.2, 0) is 4.79 Å². The van der Waals surface area contributed by atoms with Crippen LogP contribution in [0.1, 0.15) is 34.4 Å². The molecule has 6 aromatic rings. The van der Waals surface area contributed by atoms with Gasteiger partial charge in [-0.25, -0.2) is 0 Å². The van der Waals surface area contributed by atoms with E-state index in [9.17, 15) is 10.1 Å². The van der Waals surface area contributed by atoms with Gasteiger partial charge in [0.05, 0.1) is 17.5 Å². The molecule has 0 aliphatic heterocycles. The maximum atomic E-state index is 12.0. The SMILES string of the molecule is N#CC(c1ccc(Sc2ccccc2)nn1)c1c(Cl)cccc1Cl.NC(=O)C(c1ccc(Sc2ccccc2)nn1)c1c(Cl)cccc1Cl. The van der Waals surface area contributed by atoms with Crippen LogP contribution in [0, 0.1) is 11.3 Å². The fourth-order valence-electron chi connectivity index (χ4n) is 4.58. The van der Waals surface area contributed by atoms with Gasteiger partial charge < -0.3 is 5.73 Å². The lowest BCUT2D eigenvalue weighted by atomic mass is 9.94. The Hall–Kier alpha value is -4.14. The standard InChI is InChI=1S/C18H13Cl2N3OS.C18H11Cl2N3S/c19-12-7-4-8-13(20)16(12)17(18(21)24)14-9-10-15(23-22-14)25-11-5-2-1-3-6-11;19-14-7-4-8-15(20)18(14)13(11-21)16-9-10-17(23-22-16)24-12-5-2-1-3-6-12/h1-10,17H,(H2,21,24);1-10,13H. The van der Waals surface area contributed by atoms with Crippen molar-refractivity contribution in [2.45, 2.75) is 31.7 Å². The molecule has 2 aromatic heterocycles. The largest absolute Gasteiger partial charge is 0.369 e. The monoisotopic (exact) mass is 760 g/mol. The molecule has 0 spiro atoms. The van der Waals surface area contributed by atoms with Gasteiger partial charge in [0.2, 0.25) is 5.91 Å². The molecule has 2 heterocycles. The maximum absolute atomic E-state index is 12.0. The summed E-state index contributed by atoms with van der Waals surface area (Å²) in [5.74, 6) is -2.10. The van der Waals surface area contributed by atoms with Crippen LogP contribution in [0.5, 0.6) is 0 Å². The lowest BCUT2D eigenvalue weighted by Crippen LogP contribution is -2.24. The predicted molar refractivity (Wildman–Crippen MR) is 197 cm³/mol. The number of carbonyl (C=O) groups excluding carboxylic acids is 1. The van der Waals surface area contributed by atoms with Gasteiger partial charge in [-0.2, -0.15) is 15.5 Å². The molecule has 7 nitrogen and oxygen atoms in total. The third kappa shape index (κ3) is 9.52. The van der Waals surface area contributed by atoms with E-state index in [0.717, 1.165) is 14.8 Å². The van der Waals surface area contributed by atoms with E-state index in [4.69, 9.17) is 52.1 Å². The van der Waals surface area contributed by atoms with Gasteiger partial charge in [-0.1, -0.05) is 118 Å². The Labute approximate surface area is 311 Å². The fraction of sp³-hybridized carbons (Fsp3) is 0.0556. The van der Waals surface area contributed by atoms with Crippen LogP contribution >= 0.6 is 69.9 Å². The number of hydrogen-bond donors (Lipinski definition) is 1. The highest BCUT2D eigenvalue weighted by Crippen LogP contribution is 2.37. The van der Waals surface area contributed by atoms with Crippen molar-refractivity contribution in [3.05, 3.63) is 164 Å². The Morgan fingerprint density at radius 1 is 0.571 bits per heavy atom. The minimum atomic E-state index is -0.857. The first kappa shape index (κ1) is 36.1. The van der Waals surface area contributed by atoms with Gasteiger partial charge in [-0.3, -0.25) is 4.79 Å². The summed E-state index contributed by atoms with van der Waals surface area (Å²) >= 11 is 27.8. The van der Waals surface area contributed by atoms with E-state index in [1.165, 1.54) is 23.5 Å². The van der Waals surface area contributed by atoms with E-state index >= 15 is 0 Å². The minimum absolute atomic E-state index is 0.362. The molecule has 6 rings (SSSR count). The third-order valence-electron chi connectivity index (χ3n) is 6.83. The number of hydrogen-bond acceptors (Lipinski definition) is 8. The third-order valence-corrected chi connectivity index (χ3v) is 10.0. The van der Waals surface area contributed by atoms with Crippen LogP contribution < -0.4 is 5.73 Å². The van der Waals surface area contributed by atoms with Gasteiger partial charge in [0.15, 0.2) is 0 Å². The molecule has 2 atom stereocenters. The van der Waals surface area contributed by atoms with Crippen LogP contribution in [0.15, 0.2) is 141 Å². The number of amides is 1. The normalized spacial score (nSPS) is 11.8. The minimum Gasteiger partial charge on any atom is -0.369 e. The zero-order chi connectivity index (χ0) is 34.8. The van der Waals surface area contributed by atoms with Gasteiger partial charge in [-0.05, 0) is 72.8 Å². The van der Waals surface area contributed by atoms with Gasteiger partial charge in [0.1, 0.15) is 21.9 Å². The second-order valence-corrected chi connectivity index (χ2v) is 13.9. The summed E-state index contributed by atoms with van der Waals surface area (Å²) in [6.45, 7) is 0. The number of rotatable bonds is 9. The summed E-state index contributed by atoms with van der Waals surface area (Å²) < 4.78 is 0. The predicted octanol–water partition coefficient (Wildman–Crippen LogP) is 10.1. The average Bonchev–Trinajstić information content (AvgIpc) is 3.10. The number of benzene rings is 4. The molecular weight excluding hydrogens is 738 g/mol. The van der Waals surface area contributed by atoms with E-state index in [1.807, 2.05) is 66.7 Å². The quantitative estimate of drug-likeness (QED) is 0.155. The van der Waals surface area contributed by atoms with E-state index in [-0.39, 0.29) is 0 Å². The molecule has 13 heteroatoms. The summed E-state index contributed by atoms with van der Waals surface area (Å²) in [6.07, 6.45) is 0. The van der Waals surface area contributed by atoms with E-state index in [2.05, 4.69) is 26.5 Å². The van der Waals surface area contributed by atoms with Crippen molar-refractivity contribution in [2.24, 2.45) is 5.73 Å². The number of aromatic nitrogens is 4. The first-order chi connectivity index (χ1) is 23.7. The molecule has 4 aromatic carbocycles. The molecule has 244 valence electrons. The molecule has 1 amide bonds. The topological polar surface area (TPSA) is 118 Å². The van der Waals surface area contributed by atoms with Crippen molar-refractivity contribution < 1.29 is 4.79 Å². The zero-order valence-electron chi connectivity index (χ0n) is 25.3. The highest BCUT2D eigenvalue weighted by atomic mass is 35.5. The molecule has 0 saturated carbocycles. The van der Waals surface area contributed by atoms with E-state index < -0.39 is 17.7 Å². The molecule has 0 bridgehead atoms. The summed E-state index contributed by atoms with van der Waals surface area (Å²) in [4.78, 5) is 14.1. The summed E-state index contributed by atoms with van der Waals surface area (Å²) in [6, 6.07) is 39.2. The number of nitrogens with two attached hydrogens (primary N) is 1. The fourth-order valence-corrected chi connectivity index (χ4v) is 7.32. The summed E-state index contributed by atoms with van der Waals surface area (Å²) in [5.41, 5.74) is 7.49. The number of halogens is 4. The smallest absolute Gasteiger partial charge is 0.231 e. The van der Waals surface area contributed by atoms with Crippen molar-refractivity contribution in [3.8, 4) is 6.07 Å². The Morgan fingerprint density at radius 2 is 1.00 bits per heavy atom. The Bertz CT molecular complexity index is 2030. The number of nitrogens with zero attached hydrogens (tertiary/aromatic N) is 5. The Morgan fingerprint density at radius 3 is 1.39 bits per heavy atom. The van der Waals surface area contributed by atoms with Crippen molar-refractivity contribution in [1.82, 2.24) is 20.4 Å². The second kappa shape index (κ2) is 17.5. The highest BCUT2D eigenvalue weighted by molar-refractivity contribution is 7.99. The number of primary amides is 1. The van der Waals surface area contributed by atoms with Gasteiger partial charge in [0.25, 0.3) is 0 Å². The van der Waals surface area contributed by atoms with E-state index in [1.54, 1.807) is 54.6 Å². The lowest BCUT2D eigenvalue weighted by Gasteiger charge is -2.16. The van der Waals surface area contributed by atoms with Crippen LogP contribution in [0.2, 0.25) is 20.1 Å². The van der Waals surface area contributed by atoms with Gasteiger partial charge in [-0.15, -0.1) is 10.2 Å². The molecule has 0 saturated heterocycles. The molecule has 2 N–H and O–H groups in total. The average molecular weight is 763 g/mol. The first-order valence-electron chi connectivity index (χ1n) is 14.4. The van der Waals surface area contributed by atoms with Crippen LogP contribution in [0.25, 0.3) is 0 Å². The Kier molecular flexibility index (Phi) is 12.9. The van der Waals surface area contributed by atoms with Gasteiger partial charge >= 0.3 is 0 Å². The first-order valence-corrected chi connectivity index (χ1v) is 17.6. The van der Waals surface area contributed by atoms with Crippen LogP contribution in [0.3, 0.4) is 0 Å². The van der Waals surface area contributed by atoms with E-state index in [0.29, 0.717) is 47.6 Å². The molecule has 49 heavy (non-hydrogen) atoms.